The van der Waals surface area contributed by atoms with Crippen molar-refractivity contribution in [2.75, 3.05) is 19.1 Å². The van der Waals surface area contributed by atoms with Crippen LogP contribution in [0.3, 0.4) is 0 Å². The molecule has 114 valence electrons. The average Bonchev–Trinajstić information content (AvgIpc) is 2.49. The highest BCUT2D eigenvalue weighted by atomic mass is 35.5. The van der Waals surface area contributed by atoms with Gasteiger partial charge in [0.15, 0.2) is 5.67 Å². The van der Waals surface area contributed by atoms with E-state index in [-0.39, 0.29) is 12.3 Å². The topological polar surface area (TPSA) is 18.5 Å². The van der Waals surface area contributed by atoms with Gasteiger partial charge in [-0.15, -0.1) is 11.6 Å². The Morgan fingerprint density at radius 2 is 1.81 bits per heavy atom. The molecule has 1 unspecified atom stereocenters. The Morgan fingerprint density at radius 1 is 1.14 bits per heavy atom. The molecule has 0 radical (unpaired) electrons. The van der Waals surface area contributed by atoms with E-state index in [1.54, 1.807) is 0 Å². The maximum atomic E-state index is 14.7. The Labute approximate surface area is 130 Å². The van der Waals surface area contributed by atoms with Crippen LogP contribution < -0.4 is 0 Å². The third kappa shape index (κ3) is 3.59. The number of ether oxygens (including phenoxy) is 2. The Balaban J connectivity index is 2.52. The van der Waals surface area contributed by atoms with E-state index in [1.807, 2.05) is 44.2 Å². The van der Waals surface area contributed by atoms with Crippen molar-refractivity contribution in [3.63, 3.8) is 0 Å². The van der Waals surface area contributed by atoms with E-state index >= 15 is 0 Å². The van der Waals surface area contributed by atoms with Crippen LogP contribution in [0, 0.1) is 0 Å². The van der Waals surface area contributed by atoms with Crippen molar-refractivity contribution in [1.82, 2.24) is 0 Å². The van der Waals surface area contributed by atoms with Crippen molar-refractivity contribution < 1.29 is 13.9 Å². The Bertz CT molecular complexity index is 539. The van der Waals surface area contributed by atoms with E-state index in [0.29, 0.717) is 24.7 Å². The van der Waals surface area contributed by atoms with Gasteiger partial charge in [-0.05, 0) is 25.5 Å². The zero-order valence-corrected chi connectivity index (χ0v) is 13.1. The molecule has 1 aliphatic carbocycles. The van der Waals surface area contributed by atoms with Gasteiger partial charge in [-0.1, -0.05) is 30.3 Å². The first-order valence-electron chi connectivity index (χ1n) is 7.15. The molecular formula is C17H20ClFO2. The Kier molecular flexibility index (Phi) is 5.29. The van der Waals surface area contributed by atoms with Crippen LogP contribution in [0.25, 0.3) is 5.57 Å². The van der Waals surface area contributed by atoms with Crippen molar-refractivity contribution >= 4 is 17.2 Å². The summed E-state index contributed by atoms with van der Waals surface area (Å²) >= 11 is 5.79. The second-order valence-electron chi connectivity index (χ2n) is 4.88. The fourth-order valence-electron chi connectivity index (χ4n) is 2.41. The van der Waals surface area contributed by atoms with Crippen LogP contribution in [0.4, 0.5) is 4.39 Å². The molecule has 2 nitrogen and oxygen atoms in total. The van der Waals surface area contributed by atoms with E-state index in [2.05, 4.69) is 0 Å². The zero-order chi connectivity index (χ0) is 15.3. The first kappa shape index (κ1) is 15.9. The van der Waals surface area contributed by atoms with Gasteiger partial charge in [0.25, 0.3) is 0 Å². The lowest BCUT2D eigenvalue weighted by atomic mass is 9.88. The Hall–Kier alpha value is -1.48. The summed E-state index contributed by atoms with van der Waals surface area (Å²) in [5, 5.41) is 0. The van der Waals surface area contributed by atoms with E-state index in [4.69, 9.17) is 21.1 Å². The number of hydrogen-bond acceptors (Lipinski definition) is 2. The lowest BCUT2D eigenvalue weighted by Gasteiger charge is -2.30. The molecule has 0 spiro atoms. The summed E-state index contributed by atoms with van der Waals surface area (Å²) in [6.07, 6.45) is 1.61. The van der Waals surface area contributed by atoms with Crippen LogP contribution in [-0.4, -0.2) is 24.8 Å². The average molecular weight is 311 g/mol. The number of rotatable bonds is 6. The molecule has 1 aromatic rings. The second kappa shape index (κ2) is 6.99. The van der Waals surface area contributed by atoms with Crippen LogP contribution in [0.1, 0.15) is 25.8 Å². The lowest BCUT2D eigenvalue weighted by molar-refractivity contribution is 0.154. The van der Waals surface area contributed by atoms with Gasteiger partial charge >= 0.3 is 0 Å². The highest BCUT2D eigenvalue weighted by molar-refractivity contribution is 6.18. The molecule has 1 atom stereocenters. The highest BCUT2D eigenvalue weighted by Crippen LogP contribution is 2.40. The summed E-state index contributed by atoms with van der Waals surface area (Å²) in [4.78, 5) is 0. The fraction of sp³-hybridized carbons (Fsp3) is 0.412. The molecular weight excluding hydrogens is 291 g/mol. The molecule has 0 heterocycles. The SMILES string of the molecule is CCOC1=CC(F)(CCl)CC(OCC)=C1c1ccccc1. The summed E-state index contributed by atoms with van der Waals surface area (Å²) in [6.45, 7) is 4.69. The van der Waals surface area contributed by atoms with Gasteiger partial charge in [0.2, 0.25) is 0 Å². The summed E-state index contributed by atoms with van der Waals surface area (Å²) in [7, 11) is 0. The largest absolute Gasteiger partial charge is 0.497 e. The molecule has 1 aliphatic rings. The number of halogens is 2. The molecule has 4 heteroatoms. The van der Waals surface area contributed by atoms with Crippen LogP contribution in [0.15, 0.2) is 47.9 Å². The minimum atomic E-state index is -1.63. The highest BCUT2D eigenvalue weighted by Gasteiger charge is 2.36. The van der Waals surface area contributed by atoms with Gasteiger partial charge in [-0.3, -0.25) is 0 Å². The van der Waals surface area contributed by atoms with Crippen molar-refractivity contribution in [1.29, 1.82) is 0 Å². The number of alkyl halides is 2. The molecule has 0 aliphatic heterocycles. The molecule has 0 saturated carbocycles. The molecule has 0 saturated heterocycles. The molecule has 0 amide bonds. The van der Waals surface area contributed by atoms with Gasteiger partial charge in [0.1, 0.15) is 11.5 Å². The predicted octanol–water partition coefficient (Wildman–Crippen LogP) is 4.71. The van der Waals surface area contributed by atoms with E-state index < -0.39 is 5.67 Å². The Morgan fingerprint density at radius 3 is 2.38 bits per heavy atom. The summed E-state index contributed by atoms with van der Waals surface area (Å²) in [5.41, 5.74) is 0.143. The molecule has 0 fully saturated rings. The van der Waals surface area contributed by atoms with Gasteiger partial charge in [-0.25, -0.2) is 4.39 Å². The normalized spacial score (nSPS) is 22.0. The first-order valence-corrected chi connectivity index (χ1v) is 7.69. The van der Waals surface area contributed by atoms with Crippen molar-refractivity contribution in [2.45, 2.75) is 25.9 Å². The monoisotopic (exact) mass is 310 g/mol. The van der Waals surface area contributed by atoms with Crippen molar-refractivity contribution in [3.05, 3.63) is 53.5 Å². The maximum Gasteiger partial charge on any atom is 0.153 e. The zero-order valence-electron chi connectivity index (χ0n) is 12.4. The fourth-order valence-corrected chi connectivity index (χ4v) is 2.58. The molecule has 0 aromatic heterocycles. The maximum absolute atomic E-state index is 14.7. The van der Waals surface area contributed by atoms with E-state index in [9.17, 15) is 4.39 Å². The molecule has 0 bridgehead atoms. The van der Waals surface area contributed by atoms with Gasteiger partial charge < -0.3 is 9.47 Å². The first-order chi connectivity index (χ1) is 10.1. The predicted molar refractivity (Wildman–Crippen MR) is 83.9 cm³/mol. The van der Waals surface area contributed by atoms with Crippen molar-refractivity contribution in [3.8, 4) is 0 Å². The van der Waals surface area contributed by atoms with Crippen LogP contribution >= 0.6 is 11.6 Å². The summed E-state index contributed by atoms with van der Waals surface area (Å²) in [5.74, 6) is 0.974. The number of hydrogen-bond donors (Lipinski definition) is 0. The minimum Gasteiger partial charge on any atom is -0.497 e. The molecule has 21 heavy (non-hydrogen) atoms. The number of benzene rings is 1. The molecule has 0 N–H and O–H groups in total. The van der Waals surface area contributed by atoms with Gasteiger partial charge in [0.05, 0.1) is 24.7 Å². The minimum absolute atomic E-state index is 0.123. The van der Waals surface area contributed by atoms with Crippen LogP contribution in [0.5, 0.6) is 0 Å². The van der Waals surface area contributed by atoms with Gasteiger partial charge in [-0.2, -0.15) is 0 Å². The van der Waals surface area contributed by atoms with Crippen LogP contribution in [0.2, 0.25) is 0 Å². The second-order valence-corrected chi connectivity index (χ2v) is 5.15. The third-order valence-corrected chi connectivity index (χ3v) is 3.72. The molecule has 1 aromatic carbocycles. The third-order valence-electron chi connectivity index (χ3n) is 3.27. The quantitative estimate of drug-likeness (QED) is 0.709. The summed E-state index contributed by atoms with van der Waals surface area (Å²) in [6, 6.07) is 9.75. The number of allylic oxidation sites excluding steroid dienone is 3. The van der Waals surface area contributed by atoms with E-state index in [1.165, 1.54) is 6.08 Å². The standard InChI is InChI=1S/C17H20ClFO2/c1-3-20-14-10-17(19,12-18)11-15(21-4-2)16(14)13-8-6-5-7-9-13/h5-10H,3-4,11-12H2,1-2H3. The lowest BCUT2D eigenvalue weighted by Crippen LogP contribution is -2.28. The summed E-state index contributed by atoms with van der Waals surface area (Å²) < 4.78 is 26.1. The van der Waals surface area contributed by atoms with E-state index in [0.717, 1.165) is 11.1 Å². The molecule has 2 rings (SSSR count). The van der Waals surface area contributed by atoms with Crippen molar-refractivity contribution in [2.24, 2.45) is 0 Å². The van der Waals surface area contributed by atoms with Crippen LogP contribution in [-0.2, 0) is 9.47 Å². The smallest absolute Gasteiger partial charge is 0.153 e. The van der Waals surface area contributed by atoms with Gasteiger partial charge in [0, 0.05) is 6.42 Å².